The summed E-state index contributed by atoms with van der Waals surface area (Å²) in [5.74, 6) is 0. The minimum absolute atomic E-state index is 0.712. The van der Waals surface area contributed by atoms with Gasteiger partial charge in [-0.25, -0.2) is 4.98 Å². The Morgan fingerprint density at radius 1 is 1.35 bits per heavy atom. The second kappa shape index (κ2) is 4.49. The summed E-state index contributed by atoms with van der Waals surface area (Å²) >= 11 is 0. The quantitative estimate of drug-likeness (QED) is 0.876. The topological polar surface area (TPSA) is 29.3 Å². The summed E-state index contributed by atoms with van der Waals surface area (Å²) < 4.78 is 2.19. The van der Waals surface area contributed by atoms with Crippen LogP contribution in [0, 0.1) is 6.92 Å². The minimum atomic E-state index is 0.712. The Bertz CT molecular complexity index is 509. The molecule has 0 aromatic carbocycles. The van der Waals surface area contributed by atoms with E-state index in [2.05, 4.69) is 40.0 Å². The molecule has 0 aliphatic heterocycles. The van der Waals surface area contributed by atoms with E-state index < -0.39 is 0 Å². The van der Waals surface area contributed by atoms with Crippen LogP contribution in [0.5, 0.6) is 0 Å². The molecule has 2 heterocycles. The maximum Gasteiger partial charge on any atom is 0.137 e. The molecule has 1 saturated carbocycles. The molecular weight excluding hydrogens is 210 g/mol. The summed E-state index contributed by atoms with van der Waals surface area (Å²) in [5, 5.41) is 3.66. The Kier molecular flexibility index (Phi) is 2.85. The number of rotatable bonds is 3. The molecule has 1 fully saturated rings. The monoisotopic (exact) mass is 229 g/mol. The van der Waals surface area contributed by atoms with Crippen molar-refractivity contribution < 1.29 is 0 Å². The summed E-state index contributed by atoms with van der Waals surface area (Å²) in [6, 6.07) is 6.87. The van der Waals surface area contributed by atoms with Crippen molar-refractivity contribution in [2.45, 2.75) is 45.2 Å². The number of nitrogens with zero attached hydrogens (tertiary/aromatic N) is 2. The Morgan fingerprint density at radius 2 is 2.18 bits per heavy atom. The van der Waals surface area contributed by atoms with E-state index in [1.54, 1.807) is 0 Å². The van der Waals surface area contributed by atoms with Crippen molar-refractivity contribution in [3.05, 3.63) is 35.8 Å². The molecule has 0 atom stereocenters. The van der Waals surface area contributed by atoms with Gasteiger partial charge in [-0.15, -0.1) is 0 Å². The minimum Gasteiger partial charge on any atom is -0.308 e. The van der Waals surface area contributed by atoms with Crippen LogP contribution in [0.2, 0.25) is 0 Å². The first-order valence-electron chi connectivity index (χ1n) is 6.50. The first kappa shape index (κ1) is 10.8. The Labute approximate surface area is 102 Å². The smallest absolute Gasteiger partial charge is 0.137 e. The second-order valence-corrected chi connectivity index (χ2v) is 4.94. The van der Waals surface area contributed by atoms with E-state index in [0.29, 0.717) is 6.04 Å². The number of hydrogen-bond donors (Lipinski definition) is 1. The standard InChI is InChI=1S/C14H19N3/c1-11-13(10-15-12-6-2-3-7-12)17-9-5-4-8-14(17)16-11/h4-5,8-9,12,15H,2-3,6-7,10H2,1H3. The summed E-state index contributed by atoms with van der Waals surface area (Å²) in [5.41, 5.74) is 3.49. The van der Waals surface area contributed by atoms with Gasteiger partial charge in [0.25, 0.3) is 0 Å². The predicted octanol–water partition coefficient (Wildman–Crippen LogP) is 2.67. The highest BCUT2D eigenvalue weighted by Gasteiger charge is 2.15. The molecule has 1 N–H and O–H groups in total. The van der Waals surface area contributed by atoms with Gasteiger partial charge in [-0.1, -0.05) is 18.9 Å². The summed E-state index contributed by atoms with van der Waals surface area (Å²) in [6.45, 7) is 3.03. The third-order valence-corrected chi connectivity index (χ3v) is 3.74. The van der Waals surface area contributed by atoms with Crippen LogP contribution < -0.4 is 5.32 Å². The highest BCUT2D eigenvalue weighted by Crippen LogP contribution is 2.19. The fraction of sp³-hybridized carbons (Fsp3) is 0.500. The number of fused-ring (bicyclic) bond motifs is 1. The second-order valence-electron chi connectivity index (χ2n) is 4.94. The van der Waals surface area contributed by atoms with E-state index in [-0.39, 0.29) is 0 Å². The highest BCUT2D eigenvalue weighted by atomic mass is 15.0. The van der Waals surface area contributed by atoms with Crippen molar-refractivity contribution in [2.75, 3.05) is 0 Å². The van der Waals surface area contributed by atoms with Crippen LogP contribution in [0.25, 0.3) is 5.65 Å². The Morgan fingerprint density at radius 3 is 3.00 bits per heavy atom. The lowest BCUT2D eigenvalue weighted by atomic mass is 10.2. The van der Waals surface area contributed by atoms with Gasteiger partial charge in [0.05, 0.1) is 11.4 Å². The van der Waals surface area contributed by atoms with Gasteiger partial charge in [-0.3, -0.25) is 0 Å². The van der Waals surface area contributed by atoms with Gasteiger partial charge < -0.3 is 9.72 Å². The zero-order chi connectivity index (χ0) is 11.7. The zero-order valence-electron chi connectivity index (χ0n) is 10.3. The molecule has 0 spiro atoms. The largest absolute Gasteiger partial charge is 0.308 e. The van der Waals surface area contributed by atoms with E-state index >= 15 is 0 Å². The zero-order valence-corrected chi connectivity index (χ0v) is 10.3. The molecule has 0 radical (unpaired) electrons. The van der Waals surface area contributed by atoms with E-state index in [4.69, 9.17) is 0 Å². The molecule has 90 valence electrons. The molecule has 2 aromatic rings. The Hall–Kier alpha value is -1.35. The maximum absolute atomic E-state index is 4.58. The first-order chi connectivity index (χ1) is 8.34. The van der Waals surface area contributed by atoms with Gasteiger partial charge in [0.1, 0.15) is 5.65 Å². The van der Waals surface area contributed by atoms with Gasteiger partial charge in [-0.05, 0) is 31.9 Å². The predicted molar refractivity (Wildman–Crippen MR) is 69.0 cm³/mol. The van der Waals surface area contributed by atoms with Crippen molar-refractivity contribution in [1.82, 2.24) is 14.7 Å². The van der Waals surface area contributed by atoms with Gasteiger partial charge in [0.15, 0.2) is 0 Å². The van der Waals surface area contributed by atoms with E-state index in [0.717, 1.165) is 17.9 Å². The molecular formula is C14H19N3. The third kappa shape index (κ3) is 2.07. The fourth-order valence-electron chi connectivity index (χ4n) is 2.75. The molecule has 17 heavy (non-hydrogen) atoms. The Balaban J connectivity index is 1.81. The third-order valence-electron chi connectivity index (χ3n) is 3.74. The first-order valence-corrected chi connectivity index (χ1v) is 6.50. The van der Waals surface area contributed by atoms with Gasteiger partial charge in [0.2, 0.25) is 0 Å². The fourth-order valence-corrected chi connectivity index (χ4v) is 2.75. The van der Waals surface area contributed by atoms with Gasteiger partial charge in [-0.2, -0.15) is 0 Å². The van der Waals surface area contributed by atoms with Crippen LogP contribution in [0.4, 0.5) is 0 Å². The molecule has 0 amide bonds. The van der Waals surface area contributed by atoms with Gasteiger partial charge >= 0.3 is 0 Å². The molecule has 0 unspecified atom stereocenters. The van der Waals surface area contributed by atoms with Crippen molar-refractivity contribution >= 4 is 5.65 Å². The van der Waals surface area contributed by atoms with Gasteiger partial charge in [0, 0.05) is 18.8 Å². The van der Waals surface area contributed by atoms with E-state index in [1.165, 1.54) is 31.4 Å². The number of hydrogen-bond acceptors (Lipinski definition) is 2. The van der Waals surface area contributed by atoms with Crippen molar-refractivity contribution in [2.24, 2.45) is 0 Å². The molecule has 2 aromatic heterocycles. The number of pyridine rings is 1. The van der Waals surface area contributed by atoms with Crippen LogP contribution in [-0.4, -0.2) is 15.4 Å². The van der Waals surface area contributed by atoms with Crippen LogP contribution in [-0.2, 0) is 6.54 Å². The maximum atomic E-state index is 4.58. The van der Waals surface area contributed by atoms with E-state index in [9.17, 15) is 0 Å². The number of aryl methyl sites for hydroxylation is 1. The molecule has 3 heteroatoms. The summed E-state index contributed by atoms with van der Waals surface area (Å²) in [7, 11) is 0. The lowest BCUT2D eigenvalue weighted by molar-refractivity contribution is 0.517. The number of aromatic nitrogens is 2. The van der Waals surface area contributed by atoms with E-state index in [1.807, 2.05) is 6.07 Å². The average molecular weight is 229 g/mol. The molecule has 1 aliphatic carbocycles. The van der Waals surface area contributed by atoms with Crippen molar-refractivity contribution in [3.63, 3.8) is 0 Å². The normalized spacial score (nSPS) is 17.0. The summed E-state index contributed by atoms with van der Waals surface area (Å²) in [4.78, 5) is 4.58. The molecule has 1 aliphatic rings. The average Bonchev–Trinajstić information content (AvgIpc) is 2.93. The summed E-state index contributed by atoms with van der Waals surface area (Å²) in [6.07, 6.45) is 7.51. The highest BCUT2D eigenvalue weighted by molar-refractivity contribution is 5.42. The number of nitrogens with one attached hydrogen (secondary N) is 1. The van der Waals surface area contributed by atoms with Crippen molar-refractivity contribution in [3.8, 4) is 0 Å². The molecule has 0 saturated heterocycles. The molecule has 3 nitrogen and oxygen atoms in total. The molecule has 0 bridgehead atoms. The SMILES string of the molecule is Cc1nc2ccccn2c1CNC1CCCC1. The lowest BCUT2D eigenvalue weighted by Crippen LogP contribution is -2.26. The van der Waals surface area contributed by atoms with Crippen LogP contribution in [0.3, 0.4) is 0 Å². The molecule has 3 rings (SSSR count). The lowest BCUT2D eigenvalue weighted by Gasteiger charge is -2.11. The van der Waals surface area contributed by atoms with Crippen molar-refractivity contribution in [1.29, 1.82) is 0 Å². The van der Waals surface area contributed by atoms with Crippen LogP contribution in [0.15, 0.2) is 24.4 Å². The number of imidazole rings is 1. The van der Waals surface area contributed by atoms with Crippen LogP contribution in [0.1, 0.15) is 37.1 Å². The van der Waals surface area contributed by atoms with Crippen LogP contribution >= 0.6 is 0 Å².